The Labute approximate surface area is 193 Å². The van der Waals surface area contributed by atoms with Crippen molar-refractivity contribution in [2.45, 2.75) is 44.6 Å². The van der Waals surface area contributed by atoms with Gasteiger partial charge in [-0.05, 0) is 24.6 Å². The van der Waals surface area contributed by atoms with Crippen LogP contribution in [0, 0.1) is 6.08 Å². The predicted molar refractivity (Wildman–Crippen MR) is 126 cm³/mol. The van der Waals surface area contributed by atoms with Crippen LogP contribution in [-0.2, 0) is 9.53 Å². The van der Waals surface area contributed by atoms with Crippen LogP contribution in [0.15, 0.2) is 18.3 Å². The van der Waals surface area contributed by atoms with Gasteiger partial charge in [-0.25, -0.2) is 0 Å². The zero-order valence-corrected chi connectivity index (χ0v) is 21.2. The van der Waals surface area contributed by atoms with Gasteiger partial charge in [-0.2, -0.15) is 0 Å². The van der Waals surface area contributed by atoms with Crippen molar-refractivity contribution >= 4 is 41.5 Å². The summed E-state index contributed by atoms with van der Waals surface area (Å²) in [4.78, 5) is 29.6. The first-order valence-electron chi connectivity index (χ1n) is 10.5. The van der Waals surface area contributed by atoms with Gasteiger partial charge >= 0.3 is 0 Å². The van der Waals surface area contributed by atoms with Crippen molar-refractivity contribution in [3.05, 3.63) is 30.0 Å². The molecule has 0 saturated heterocycles. The number of amides is 2. The average Bonchev–Trinajstić information content (AvgIpc) is 3.19. The Hall–Kier alpha value is -1.84. The molecule has 1 radical (unpaired) electrons. The smallest absolute Gasteiger partial charge is 0.260 e. The highest BCUT2D eigenvalue weighted by Crippen LogP contribution is 2.39. The normalized spacial score (nSPS) is 18.2. The van der Waals surface area contributed by atoms with Crippen LogP contribution < -0.4 is 14.4 Å². The molecule has 0 fully saturated rings. The zero-order valence-electron chi connectivity index (χ0n) is 18.6. The zero-order chi connectivity index (χ0) is 22.6. The van der Waals surface area contributed by atoms with E-state index in [4.69, 9.17) is 14.2 Å². The topological polar surface area (TPSA) is 68.3 Å². The average molecular weight is 510 g/mol. The summed E-state index contributed by atoms with van der Waals surface area (Å²) in [5, 5.41) is 0.813. The summed E-state index contributed by atoms with van der Waals surface area (Å²) in [5.41, 5.74) is 0.870. The fourth-order valence-electron chi connectivity index (χ4n) is 3.42. The number of halogens is 1. The van der Waals surface area contributed by atoms with Crippen molar-refractivity contribution in [3.8, 4) is 11.5 Å². The molecule has 9 heteroatoms. The van der Waals surface area contributed by atoms with E-state index in [9.17, 15) is 9.59 Å². The van der Waals surface area contributed by atoms with E-state index in [2.05, 4.69) is 41.6 Å². The van der Waals surface area contributed by atoms with Gasteiger partial charge in [0.15, 0.2) is 11.5 Å². The number of carbonyl (C=O) groups is 2. The van der Waals surface area contributed by atoms with E-state index < -0.39 is 14.1 Å². The second-order valence-electron chi connectivity index (χ2n) is 8.79. The molecule has 3 rings (SSSR count). The highest BCUT2D eigenvalue weighted by Gasteiger charge is 2.41. The number of ether oxygens (including phenoxy) is 3. The number of rotatable bonds is 10. The van der Waals surface area contributed by atoms with Crippen LogP contribution in [0.4, 0.5) is 5.69 Å². The maximum atomic E-state index is 13.4. The van der Waals surface area contributed by atoms with Crippen LogP contribution in [0.2, 0.25) is 25.7 Å². The Morgan fingerprint density at radius 3 is 2.65 bits per heavy atom. The molecule has 7 nitrogen and oxygen atoms in total. The monoisotopic (exact) mass is 509 g/mol. The third-order valence-electron chi connectivity index (χ3n) is 5.22. The number of methoxy groups -OCH3 is 1. The Balaban J connectivity index is 1.95. The number of alkyl halides is 1. The number of benzene rings is 1. The second kappa shape index (κ2) is 10.2. The minimum absolute atomic E-state index is 0.0844. The standard InChI is InChI=1S/C22H30BrN2O5Si/c1-28-19-13-16-18(14-20(19)30-10-6-8-23)25(15-29-11-12-31(2,3)4)22(27)17-7-5-9-24(17)21(16)26/h9,13-14,17H,6-8,10-12,15H2,1-4H3/t17-/m0/s1. The van der Waals surface area contributed by atoms with Gasteiger partial charge in [0.2, 0.25) is 0 Å². The minimum atomic E-state index is -1.26. The molecule has 2 amide bonds. The van der Waals surface area contributed by atoms with Crippen LogP contribution in [0.1, 0.15) is 23.2 Å². The molecule has 0 aliphatic carbocycles. The molecule has 0 saturated carbocycles. The lowest BCUT2D eigenvalue weighted by Gasteiger charge is -2.26. The van der Waals surface area contributed by atoms with E-state index in [1.54, 1.807) is 23.2 Å². The van der Waals surface area contributed by atoms with E-state index in [1.807, 2.05) is 0 Å². The fraction of sp³-hybridized carbons (Fsp3) is 0.545. The third-order valence-corrected chi connectivity index (χ3v) is 7.48. The third kappa shape index (κ3) is 5.50. The van der Waals surface area contributed by atoms with Crippen molar-refractivity contribution in [3.63, 3.8) is 0 Å². The maximum absolute atomic E-state index is 13.4. The van der Waals surface area contributed by atoms with Gasteiger partial charge in [0, 0.05) is 38.7 Å². The largest absolute Gasteiger partial charge is 0.493 e. The van der Waals surface area contributed by atoms with Gasteiger partial charge in [-0.3, -0.25) is 14.5 Å². The molecule has 2 aliphatic rings. The number of nitrogens with zero attached hydrogens (tertiary/aromatic N) is 2. The molecule has 31 heavy (non-hydrogen) atoms. The summed E-state index contributed by atoms with van der Waals surface area (Å²) in [5.74, 6) is 0.518. The number of anilines is 1. The lowest BCUT2D eigenvalue weighted by molar-refractivity contribution is -0.123. The highest BCUT2D eigenvalue weighted by molar-refractivity contribution is 9.09. The molecular formula is C22H30BrN2O5Si. The lowest BCUT2D eigenvalue weighted by atomic mass is 10.1. The fourth-order valence-corrected chi connectivity index (χ4v) is 4.40. The van der Waals surface area contributed by atoms with Gasteiger partial charge < -0.3 is 19.1 Å². The minimum Gasteiger partial charge on any atom is -0.493 e. The summed E-state index contributed by atoms with van der Waals surface area (Å²) in [6.45, 7) is 7.99. The van der Waals surface area contributed by atoms with E-state index in [-0.39, 0.29) is 18.5 Å². The van der Waals surface area contributed by atoms with Gasteiger partial charge in [0.05, 0.1) is 25.0 Å². The number of hydrogen-bond donors (Lipinski definition) is 0. The molecular weight excluding hydrogens is 480 g/mol. The van der Waals surface area contributed by atoms with Crippen LogP contribution in [0.3, 0.4) is 0 Å². The Morgan fingerprint density at radius 2 is 1.97 bits per heavy atom. The summed E-state index contributed by atoms with van der Waals surface area (Å²) < 4.78 is 17.3. The number of hydrogen-bond acceptors (Lipinski definition) is 5. The molecule has 0 spiro atoms. The molecule has 1 aromatic rings. The Morgan fingerprint density at radius 1 is 1.19 bits per heavy atom. The summed E-state index contributed by atoms with van der Waals surface area (Å²) in [7, 11) is 0.276. The molecule has 0 unspecified atom stereocenters. The molecule has 169 valence electrons. The van der Waals surface area contributed by atoms with Gasteiger partial charge in [-0.15, -0.1) is 0 Å². The van der Waals surface area contributed by atoms with Crippen molar-refractivity contribution in [2.75, 3.05) is 37.3 Å². The molecule has 2 heterocycles. The molecule has 0 aromatic heterocycles. The Kier molecular flexibility index (Phi) is 7.82. The molecule has 1 aromatic carbocycles. The highest BCUT2D eigenvalue weighted by atomic mass is 79.9. The van der Waals surface area contributed by atoms with E-state index in [0.717, 1.165) is 17.8 Å². The van der Waals surface area contributed by atoms with Crippen LogP contribution in [0.25, 0.3) is 0 Å². The van der Waals surface area contributed by atoms with Crippen LogP contribution in [0.5, 0.6) is 11.5 Å². The van der Waals surface area contributed by atoms with Gasteiger partial charge in [0.25, 0.3) is 11.8 Å². The van der Waals surface area contributed by atoms with Crippen molar-refractivity contribution in [1.29, 1.82) is 0 Å². The molecule has 0 bridgehead atoms. The van der Waals surface area contributed by atoms with Crippen LogP contribution >= 0.6 is 15.9 Å². The van der Waals surface area contributed by atoms with E-state index >= 15 is 0 Å². The summed E-state index contributed by atoms with van der Waals surface area (Å²) in [6.07, 6.45) is 5.76. The van der Waals surface area contributed by atoms with Gasteiger partial charge in [0.1, 0.15) is 12.8 Å². The number of carbonyl (C=O) groups excluding carboxylic acids is 2. The predicted octanol–water partition coefficient (Wildman–Crippen LogP) is 4.05. The second-order valence-corrected chi connectivity index (χ2v) is 15.2. The quantitative estimate of drug-likeness (QED) is 0.270. The van der Waals surface area contributed by atoms with Crippen molar-refractivity contribution < 1.29 is 23.8 Å². The summed E-state index contributed by atoms with van der Waals surface area (Å²) in [6, 6.07) is 3.76. The summed E-state index contributed by atoms with van der Waals surface area (Å²) >= 11 is 3.39. The first-order valence-corrected chi connectivity index (χ1v) is 15.3. The van der Waals surface area contributed by atoms with E-state index in [1.165, 1.54) is 12.0 Å². The first kappa shape index (κ1) is 23.8. The first-order chi connectivity index (χ1) is 14.8. The van der Waals surface area contributed by atoms with Crippen molar-refractivity contribution in [1.82, 2.24) is 4.90 Å². The molecule has 1 atom stereocenters. The number of fused-ring (bicyclic) bond motifs is 2. The van der Waals surface area contributed by atoms with Crippen molar-refractivity contribution in [2.24, 2.45) is 0 Å². The van der Waals surface area contributed by atoms with Crippen LogP contribution in [-0.4, -0.2) is 63.2 Å². The molecule has 0 N–H and O–H groups in total. The SMILES string of the molecule is COc1cc2c(cc1OCCCBr)N(COCC[Si](C)(C)C)C(=O)[C@@H]1C[C]=CN1C2=O. The van der Waals surface area contributed by atoms with E-state index in [0.29, 0.717) is 42.4 Å². The maximum Gasteiger partial charge on any atom is 0.260 e. The lowest BCUT2D eigenvalue weighted by Crippen LogP contribution is -2.45. The molecule has 2 aliphatic heterocycles. The van der Waals surface area contributed by atoms with Gasteiger partial charge in [-0.1, -0.05) is 35.6 Å². The Bertz CT molecular complexity index is 855.